The lowest BCUT2D eigenvalue weighted by molar-refractivity contribution is 0.110. The van der Waals surface area contributed by atoms with E-state index < -0.39 is 15.6 Å². The molecule has 0 saturated heterocycles. The van der Waals surface area contributed by atoms with Gasteiger partial charge < -0.3 is 5.11 Å². The number of rotatable bonds is 4. The summed E-state index contributed by atoms with van der Waals surface area (Å²) in [6, 6.07) is 6.86. The zero-order chi connectivity index (χ0) is 12.5. The lowest BCUT2D eigenvalue weighted by Crippen LogP contribution is -2.56. The van der Waals surface area contributed by atoms with Crippen molar-refractivity contribution in [1.29, 1.82) is 0 Å². The molecule has 0 aliphatic heterocycles. The Kier molecular flexibility index (Phi) is 3.25. The molecule has 1 saturated carbocycles. The summed E-state index contributed by atoms with van der Waals surface area (Å²) in [5.41, 5.74) is 0.0774. The molecule has 1 aromatic carbocycles. The largest absolute Gasteiger partial charge is 0.394 e. The quantitative estimate of drug-likeness (QED) is 0.849. The number of benzene rings is 1. The van der Waals surface area contributed by atoms with Gasteiger partial charge in [0.1, 0.15) is 0 Å². The predicted molar refractivity (Wildman–Crippen MR) is 65.2 cm³/mol. The average Bonchev–Trinajstić information content (AvgIpc) is 2.24. The maximum absolute atomic E-state index is 12.2. The van der Waals surface area contributed by atoms with Crippen molar-refractivity contribution < 1.29 is 13.5 Å². The van der Waals surface area contributed by atoms with Crippen molar-refractivity contribution in [3.8, 4) is 0 Å². The fraction of sp³-hybridized carbons (Fsp3) is 0.500. The molecule has 94 valence electrons. The molecule has 4 nitrogen and oxygen atoms in total. The van der Waals surface area contributed by atoms with Crippen LogP contribution in [0.5, 0.6) is 0 Å². The van der Waals surface area contributed by atoms with E-state index in [4.69, 9.17) is 0 Å². The third-order valence-corrected chi connectivity index (χ3v) is 5.09. The Hall–Kier alpha value is -0.910. The number of aliphatic hydroxyl groups is 1. The van der Waals surface area contributed by atoms with Gasteiger partial charge in [-0.2, -0.15) is 0 Å². The number of sulfonamides is 1. The van der Waals surface area contributed by atoms with E-state index in [9.17, 15) is 13.5 Å². The molecule has 1 aliphatic carbocycles. The van der Waals surface area contributed by atoms with Crippen LogP contribution in [0, 0.1) is 6.92 Å². The van der Waals surface area contributed by atoms with Crippen molar-refractivity contribution in [2.75, 3.05) is 6.61 Å². The molecule has 5 heteroatoms. The van der Waals surface area contributed by atoms with Gasteiger partial charge in [0.05, 0.1) is 17.0 Å². The molecule has 17 heavy (non-hydrogen) atoms. The summed E-state index contributed by atoms with van der Waals surface area (Å²) in [6.07, 6.45) is 2.36. The maximum atomic E-state index is 12.2. The van der Waals surface area contributed by atoms with E-state index in [1.54, 1.807) is 31.2 Å². The summed E-state index contributed by atoms with van der Waals surface area (Å²) >= 11 is 0. The van der Waals surface area contributed by atoms with Gasteiger partial charge in [-0.15, -0.1) is 0 Å². The normalized spacial score (nSPS) is 18.7. The van der Waals surface area contributed by atoms with Gasteiger partial charge in [0.25, 0.3) is 0 Å². The van der Waals surface area contributed by atoms with E-state index in [-0.39, 0.29) is 6.61 Å². The Morgan fingerprint density at radius 3 is 2.47 bits per heavy atom. The first-order chi connectivity index (χ1) is 7.99. The van der Waals surface area contributed by atoms with E-state index >= 15 is 0 Å². The highest BCUT2D eigenvalue weighted by atomic mass is 32.2. The summed E-state index contributed by atoms with van der Waals surface area (Å²) in [6.45, 7) is 1.62. The maximum Gasteiger partial charge on any atom is 0.241 e. The molecule has 0 atom stereocenters. The molecule has 0 bridgehead atoms. The van der Waals surface area contributed by atoms with Crippen LogP contribution in [0.25, 0.3) is 0 Å². The third kappa shape index (κ3) is 2.36. The molecule has 1 aromatic rings. The number of aliphatic hydroxyl groups excluding tert-OH is 1. The predicted octanol–water partition coefficient (Wildman–Crippen LogP) is 1.19. The second kappa shape index (κ2) is 4.40. The van der Waals surface area contributed by atoms with Crippen molar-refractivity contribution in [2.45, 2.75) is 36.6 Å². The number of nitrogens with one attached hydrogen (secondary N) is 1. The van der Waals surface area contributed by atoms with Crippen LogP contribution in [-0.4, -0.2) is 25.7 Å². The minimum absolute atomic E-state index is 0.141. The van der Waals surface area contributed by atoms with Gasteiger partial charge in [0, 0.05) is 0 Å². The first-order valence-electron chi connectivity index (χ1n) is 5.70. The van der Waals surface area contributed by atoms with Crippen molar-refractivity contribution >= 4 is 10.0 Å². The first kappa shape index (κ1) is 12.5. The number of hydrogen-bond donors (Lipinski definition) is 2. The monoisotopic (exact) mass is 255 g/mol. The molecule has 2 rings (SSSR count). The van der Waals surface area contributed by atoms with Crippen LogP contribution in [0.1, 0.15) is 24.8 Å². The standard InChI is InChI=1S/C12H17NO3S/c1-10-5-2-3-6-11(10)17(15,16)13-12(9-14)7-4-8-12/h2-3,5-6,13-14H,4,7-9H2,1H3. The van der Waals surface area contributed by atoms with Crippen LogP contribution in [0.4, 0.5) is 0 Å². The topological polar surface area (TPSA) is 66.4 Å². The van der Waals surface area contributed by atoms with Crippen LogP contribution >= 0.6 is 0 Å². The van der Waals surface area contributed by atoms with Gasteiger partial charge in [-0.1, -0.05) is 18.2 Å². The van der Waals surface area contributed by atoms with Crippen molar-refractivity contribution in [3.05, 3.63) is 29.8 Å². The van der Waals surface area contributed by atoms with Gasteiger partial charge in [-0.05, 0) is 37.8 Å². The van der Waals surface area contributed by atoms with Crippen molar-refractivity contribution in [1.82, 2.24) is 4.72 Å². The van der Waals surface area contributed by atoms with Gasteiger partial charge in [-0.25, -0.2) is 13.1 Å². The van der Waals surface area contributed by atoms with Crippen LogP contribution in [0.2, 0.25) is 0 Å². The number of hydrogen-bond acceptors (Lipinski definition) is 3. The highest BCUT2D eigenvalue weighted by Gasteiger charge is 2.40. The Balaban J connectivity index is 2.29. The third-order valence-electron chi connectivity index (χ3n) is 3.35. The van der Waals surface area contributed by atoms with Crippen LogP contribution < -0.4 is 4.72 Å². The van der Waals surface area contributed by atoms with Crippen LogP contribution in [0.15, 0.2) is 29.2 Å². The first-order valence-corrected chi connectivity index (χ1v) is 7.18. The van der Waals surface area contributed by atoms with Crippen molar-refractivity contribution in [3.63, 3.8) is 0 Å². The second-order valence-electron chi connectivity index (χ2n) is 4.66. The number of aryl methyl sites for hydroxylation is 1. The molecule has 1 aliphatic rings. The Bertz CT molecular complexity index is 501. The lowest BCUT2D eigenvalue weighted by Gasteiger charge is -2.40. The molecule has 0 radical (unpaired) electrons. The van der Waals surface area contributed by atoms with Gasteiger partial charge in [0.15, 0.2) is 0 Å². The summed E-state index contributed by atoms with van der Waals surface area (Å²) in [7, 11) is -3.53. The zero-order valence-corrected chi connectivity index (χ0v) is 10.6. The highest BCUT2D eigenvalue weighted by Crippen LogP contribution is 2.33. The van der Waals surface area contributed by atoms with Crippen LogP contribution in [0.3, 0.4) is 0 Å². The zero-order valence-electron chi connectivity index (χ0n) is 9.81. The molecule has 0 amide bonds. The molecule has 2 N–H and O–H groups in total. The molecular weight excluding hydrogens is 238 g/mol. The minimum atomic E-state index is -3.53. The van der Waals surface area contributed by atoms with E-state index in [0.717, 1.165) is 6.42 Å². The average molecular weight is 255 g/mol. The summed E-state index contributed by atoms with van der Waals surface area (Å²) in [5.74, 6) is 0. The summed E-state index contributed by atoms with van der Waals surface area (Å²) in [5, 5.41) is 9.29. The Morgan fingerprint density at radius 1 is 1.35 bits per heavy atom. The van der Waals surface area contributed by atoms with E-state index in [0.29, 0.717) is 23.3 Å². The van der Waals surface area contributed by atoms with Gasteiger partial charge >= 0.3 is 0 Å². The Morgan fingerprint density at radius 2 is 2.00 bits per heavy atom. The SMILES string of the molecule is Cc1ccccc1S(=O)(=O)NC1(CO)CCC1. The molecule has 0 aromatic heterocycles. The van der Waals surface area contributed by atoms with E-state index in [1.807, 2.05) is 0 Å². The lowest BCUT2D eigenvalue weighted by atomic mass is 9.78. The van der Waals surface area contributed by atoms with E-state index in [1.165, 1.54) is 0 Å². The van der Waals surface area contributed by atoms with Gasteiger partial charge in [-0.3, -0.25) is 0 Å². The Labute approximate surface area is 102 Å². The molecule has 1 fully saturated rings. The smallest absolute Gasteiger partial charge is 0.241 e. The molecular formula is C12H17NO3S. The van der Waals surface area contributed by atoms with Gasteiger partial charge in [0.2, 0.25) is 10.0 Å². The second-order valence-corrected chi connectivity index (χ2v) is 6.31. The van der Waals surface area contributed by atoms with Crippen molar-refractivity contribution in [2.24, 2.45) is 0 Å². The summed E-state index contributed by atoms with van der Waals surface area (Å²) < 4.78 is 27.0. The molecule has 0 heterocycles. The summed E-state index contributed by atoms with van der Waals surface area (Å²) in [4.78, 5) is 0.291. The fourth-order valence-corrected chi connectivity index (χ4v) is 3.79. The molecule has 0 unspecified atom stereocenters. The minimum Gasteiger partial charge on any atom is -0.394 e. The fourth-order valence-electron chi connectivity index (χ4n) is 2.09. The molecule has 0 spiro atoms. The van der Waals surface area contributed by atoms with Crippen LogP contribution in [-0.2, 0) is 10.0 Å². The van der Waals surface area contributed by atoms with E-state index in [2.05, 4.69) is 4.72 Å². The highest BCUT2D eigenvalue weighted by molar-refractivity contribution is 7.89.